The summed E-state index contributed by atoms with van der Waals surface area (Å²) in [5.74, 6) is 0. The van der Waals surface area contributed by atoms with Crippen LogP contribution in [-0.4, -0.2) is 55.1 Å². The number of hydrogen-bond acceptors (Lipinski definition) is 2. The van der Waals surface area contributed by atoms with Crippen LogP contribution in [0.4, 0.5) is 4.79 Å². The number of piperazine rings is 1. The summed E-state index contributed by atoms with van der Waals surface area (Å²) in [7, 11) is 0. The van der Waals surface area contributed by atoms with Gasteiger partial charge < -0.3 is 15.1 Å². The van der Waals surface area contributed by atoms with Crippen LogP contribution in [0.2, 0.25) is 0 Å². The lowest BCUT2D eigenvalue weighted by atomic mass is 10.1. The lowest BCUT2D eigenvalue weighted by Gasteiger charge is -2.34. The van der Waals surface area contributed by atoms with Crippen molar-refractivity contribution in [3.05, 3.63) is 35.4 Å². The van der Waals surface area contributed by atoms with E-state index in [4.69, 9.17) is 0 Å². The van der Waals surface area contributed by atoms with Crippen molar-refractivity contribution in [2.24, 2.45) is 0 Å². The lowest BCUT2D eigenvalue weighted by Crippen LogP contribution is -2.51. The Morgan fingerprint density at radius 3 is 2.65 bits per heavy atom. The van der Waals surface area contributed by atoms with Crippen molar-refractivity contribution in [1.82, 2.24) is 15.1 Å². The summed E-state index contributed by atoms with van der Waals surface area (Å²) >= 11 is 0. The molecule has 0 bridgehead atoms. The third kappa shape index (κ3) is 4.23. The number of amides is 2. The molecule has 2 amide bonds. The highest BCUT2D eigenvalue weighted by molar-refractivity contribution is 5.74. The molecule has 1 heterocycles. The summed E-state index contributed by atoms with van der Waals surface area (Å²) in [4.78, 5) is 16.3. The van der Waals surface area contributed by atoms with E-state index in [1.165, 1.54) is 11.1 Å². The average molecular weight is 275 g/mol. The van der Waals surface area contributed by atoms with Crippen LogP contribution >= 0.6 is 0 Å². The van der Waals surface area contributed by atoms with Gasteiger partial charge in [-0.2, -0.15) is 0 Å². The molecule has 4 heteroatoms. The molecule has 0 saturated carbocycles. The Morgan fingerprint density at radius 1 is 1.25 bits per heavy atom. The number of rotatable bonds is 4. The van der Waals surface area contributed by atoms with Crippen molar-refractivity contribution in [1.29, 1.82) is 0 Å². The topological polar surface area (TPSA) is 35.6 Å². The molecule has 1 aliphatic heterocycles. The van der Waals surface area contributed by atoms with Gasteiger partial charge in [0, 0.05) is 32.7 Å². The van der Waals surface area contributed by atoms with Crippen molar-refractivity contribution in [2.75, 3.05) is 39.3 Å². The highest BCUT2D eigenvalue weighted by Gasteiger charge is 2.19. The minimum absolute atomic E-state index is 0.0772. The minimum Gasteiger partial charge on any atom is -0.338 e. The number of benzene rings is 1. The first-order valence-electron chi connectivity index (χ1n) is 7.49. The van der Waals surface area contributed by atoms with E-state index in [2.05, 4.69) is 48.3 Å². The maximum atomic E-state index is 12.0. The first-order valence-corrected chi connectivity index (χ1v) is 7.49. The first kappa shape index (κ1) is 14.9. The summed E-state index contributed by atoms with van der Waals surface area (Å²) in [5.41, 5.74) is 2.55. The Labute approximate surface area is 121 Å². The normalized spacial score (nSPS) is 16.2. The third-order valence-corrected chi connectivity index (χ3v) is 3.88. The van der Waals surface area contributed by atoms with Crippen molar-refractivity contribution >= 4 is 6.03 Å². The number of nitrogens with zero attached hydrogens (tertiary/aromatic N) is 2. The molecule has 0 atom stereocenters. The molecular formula is C16H25N3O. The molecule has 1 fully saturated rings. The van der Waals surface area contributed by atoms with Crippen LogP contribution in [0.15, 0.2) is 24.3 Å². The summed E-state index contributed by atoms with van der Waals surface area (Å²) < 4.78 is 0. The van der Waals surface area contributed by atoms with Crippen LogP contribution in [-0.2, 0) is 6.42 Å². The molecule has 1 aromatic carbocycles. The van der Waals surface area contributed by atoms with Gasteiger partial charge in [0.1, 0.15) is 0 Å². The Bertz CT molecular complexity index is 439. The van der Waals surface area contributed by atoms with Crippen LogP contribution < -0.4 is 5.32 Å². The van der Waals surface area contributed by atoms with Crippen LogP contribution in [0.25, 0.3) is 0 Å². The maximum Gasteiger partial charge on any atom is 0.317 e. The summed E-state index contributed by atoms with van der Waals surface area (Å²) in [6.45, 7) is 9.68. The van der Waals surface area contributed by atoms with E-state index in [1.54, 1.807) is 0 Å². The molecule has 0 aliphatic carbocycles. The van der Waals surface area contributed by atoms with Gasteiger partial charge in [-0.05, 0) is 25.5 Å². The van der Waals surface area contributed by atoms with Crippen LogP contribution in [0.5, 0.6) is 0 Å². The average Bonchev–Trinajstić information content (AvgIpc) is 2.47. The fourth-order valence-corrected chi connectivity index (χ4v) is 2.56. The van der Waals surface area contributed by atoms with E-state index in [0.717, 1.165) is 39.1 Å². The van der Waals surface area contributed by atoms with Crippen molar-refractivity contribution in [3.8, 4) is 0 Å². The van der Waals surface area contributed by atoms with E-state index < -0.39 is 0 Å². The molecule has 0 spiro atoms. The number of nitrogens with one attached hydrogen (secondary N) is 1. The molecule has 0 radical (unpaired) electrons. The number of likely N-dealkylation sites (N-methyl/N-ethyl adjacent to an activating group) is 1. The highest BCUT2D eigenvalue weighted by atomic mass is 16.2. The van der Waals surface area contributed by atoms with Crippen molar-refractivity contribution in [3.63, 3.8) is 0 Å². The summed E-state index contributed by atoms with van der Waals surface area (Å²) in [5, 5.41) is 3.02. The van der Waals surface area contributed by atoms with E-state index in [9.17, 15) is 4.79 Å². The molecule has 2 rings (SSSR count). The van der Waals surface area contributed by atoms with Gasteiger partial charge in [-0.3, -0.25) is 0 Å². The predicted molar refractivity (Wildman–Crippen MR) is 82.0 cm³/mol. The van der Waals surface area contributed by atoms with Gasteiger partial charge in [0.2, 0.25) is 0 Å². The Kier molecular flexibility index (Phi) is 5.41. The second kappa shape index (κ2) is 7.29. The quantitative estimate of drug-likeness (QED) is 0.911. The summed E-state index contributed by atoms with van der Waals surface area (Å²) in [6, 6.07) is 8.52. The predicted octanol–water partition coefficient (Wildman–Crippen LogP) is 1.88. The monoisotopic (exact) mass is 275 g/mol. The van der Waals surface area contributed by atoms with Gasteiger partial charge in [0.05, 0.1) is 0 Å². The standard InChI is InChI=1S/C16H25N3O/c1-3-18-9-11-19(12-10-18)16(20)17-8-7-15-6-4-5-14(2)13-15/h4-6,13H,3,7-12H2,1-2H3,(H,17,20). The zero-order valence-corrected chi connectivity index (χ0v) is 12.6. The Morgan fingerprint density at radius 2 is 2.00 bits per heavy atom. The lowest BCUT2D eigenvalue weighted by molar-refractivity contribution is 0.143. The minimum atomic E-state index is 0.0772. The van der Waals surface area contributed by atoms with Gasteiger partial charge >= 0.3 is 6.03 Å². The maximum absolute atomic E-state index is 12.0. The highest BCUT2D eigenvalue weighted by Crippen LogP contribution is 2.05. The van der Waals surface area contributed by atoms with E-state index in [1.807, 2.05) is 4.90 Å². The molecule has 110 valence electrons. The number of urea groups is 1. The van der Waals surface area contributed by atoms with Crippen LogP contribution in [0.1, 0.15) is 18.1 Å². The second-order valence-corrected chi connectivity index (χ2v) is 5.39. The largest absolute Gasteiger partial charge is 0.338 e. The zero-order chi connectivity index (χ0) is 14.4. The Balaban J connectivity index is 1.70. The smallest absolute Gasteiger partial charge is 0.317 e. The molecule has 1 aliphatic rings. The number of hydrogen-bond donors (Lipinski definition) is 1. The Hall–Kier alpha value is -1.55. The molecule has 1 saturated heterocycles. The SMILES string of the molecule is CCN1CCN(C(=O)NCCc2cccc(C)c2)CC1. The molecule has 20 heavy (non-hydrogen) atoms. The number of carbonyl (C=O) groups is 1. The molecule has 4 nitrogen and oxygen atoms in total. The van der Waals surface area contributed by atoms with E-state index >= 15 is 0 Å². The zero-order valence-electron chi connectivity index (χ0n) is 12.6. The van der Waals surface area contributed by atoms with Gasteiger partial charge in [-0.1, -0.05) is 36.8 Å². The fraction of sp³-hybridized carbons (Fsp3) is 0.562. The van der Waals surface area contributed by atoms with Gasteiger partial charge in [0.25, 0.3) is 0 Å². The van der Waals surface area contributed by atoms with Crippen molar-refractivity contribution in [2.45, 2.75) is 20.3 Å². The van der Waals surface area contributed by atoms with Crippen LogP contribution in [0, 0.1) is 6.92 Å². The van der Waals surface area contributed by atoms with Crippen molar-refractivity contribution < 1.29 is 4.79 Å². The molecule has 1 aromatic rings. The third-order valence-electron chi connectivity index (χ3n) is 3.88. The molecular weight excluding hydrogens is 250 g/mol. The number of aryl methyl sites for hydroxylation is 1. The number of carbonyl (C=O) groups excluding carboxylic acids is 1. The van der Waals surface area contributed by atoms with E-state index in [-0.39, 0.29) is 6.03 Å². The van der Waals surface area contributed by atoms with Crippen LogP contribution in [0.3, 0.4) is 0 Å². The fourth-order valence-electron chi connectivity index (χ4n) is 2.56. The first-order chi connectivity index (χ1) is 9.69. The van der Waals surface area contributed by atoms with E-state index in [0.29, 0.717) is 6.54 Å². The van der Waals surface area contributed by atoms with Gasteiger partial charge in [0.15, 0.2) is 0 Å². The van der Waals surface area contributed by atoms with Gasteiger partial charge in [-0.25, -0.2) is 4.79 Å². The molecule has 0 unspecified atom stereocenters. The molecule has 0 aromatic heterocycles. The van der Waals surface area contributed by atoms with Gasteiger partial charge in [-0.15, -0.1) is 0 Å². The summed E-state index contributed by atoms with van der Waals surface area (Å²) in [6.07, 6.45) is 0.891. The second-order valence-electron chi connectivity index (χ2n) is 5.39. The molecule has 1 N–H and O–H groups in total.